The van der Waals surface area contributed by atoms with Crippen molar-refractivity contribution in [1.29, 1.82) is 0 Å². The number of ether oxygens (including phenoxy) is 2. The average molecular weight is 746 g/mol. The summed E-state index contributed by atoms with van der Waals surface area (Å²) in [4.78, 5) is 51.8. The van der Waals surface area contributed by atoms with E-state index in [-0.39, 0.29) is 47.9 Å². The number of carboxylic acid groups (broad SMARTS) is 1. The number of hydrogen-bond acceptors (Lipinski definition) is 14. The molecule has 0 atom stereocenters. The Morgan fingerprint density at radius 1 is 1.28 bits per heavy atom. The third kappa shape index (κ3) is 7.88. The summed E-state index contributed by atoms with van der Waals surface area (Å²) < 4.78 is 57.0. The second kappa shape index (κ2) is 14.2. The largest absolute Gasteiger partial charge is 0.481 e. The molecule has 0 aliphatic carbocycles. The highest BCUT2D eigenvalue weighted by Crippen LogP contribution is 2.37. The molecule has 6 rings (SSSR count). The van der Waals surface area contributed by atoms with Crippen LogP contribution in [-0.2, 0) is 27.8 Å². The number of methoxy groups -OCH3 is 1. The number of nitrogens with zero attached hydrogens (tertiary/aromatic N) is 7. The molecule has 262 valence electrons. The lowest BCUT2D eigenvalue weighted by Gasteiger charge is -2.28. The molecular weight excluding hydrogens is 718 g/mol. The van der Waals surface area contributed by atoms with Crippen molar-refractivity contribution >= 4 is 68.1 Å². The van der Waals surface area contributed by atoms with Crippen molar-refractivity contribution < 1.29 is 41.8 Å². The predicted molar refractivity (Wildman–Crippen MR) is 178 cm³/mol. The van der Waals surface area contributed by atoms with E-state index in [9.17, 15) is 27.2 Å². The highest BCUT2D eigenvalue weighted by Gasteiger charge is 2.31. The number of thiophene rings is 1. The maximum Gasteiger partial charge on any atom is 0.347 e. The minimum Gasteiger partial charge on any atom is -0.481 e. The summed E-state index contributed by atoms with van der Waals surface area (Å²) in [6.45, 7) is 6.58. The number of nitrogens with one attached hydrogen (secondary N) is 2. The molecule has 0 fully saturated rings. The fourth-order valence-corrected chi connectivity index (χ4v) is 7.75. The highest BCUT2D eigenvalue weighted by molar-refractivity contribution is 7.90. The number of hydrogen-bond donors (Lipinski definition) is 3. The summed E-state index contributed by atoms with van der Waals surface area (Å²) in [7, 11) is -3.06. The first-order valence-electron chi connectivity index (χ1n) is 14.3. The Kier molecular flexibility index (Phi) is 10.2. The normalized spacial score (nSPS) is 14.8. The molecular formula is C29H28FN9O8S3. The standard InChI is InChI=1S/C18H17FN4O2S.C11H11N5O6S2/c1-4-5-22-13-7-12(11(19)6-14(13)25-9-16(22)24)20-17-23-10-18(2,3)8-15(23)21-26-17;1-5-12-9(15-11(13-5)22-2)14-10(19)16-24(20,21)6-3-4-23-7(6)8(17)18/h1,6-7H,5,8-10H2,2-3H3;3-4H,1-2H3,(H,17,18)(H2,12,13,14,15,16,19). The zero-order chi connectivity index (χ0) is 36.4. The molecule has 0 saturated carbocycles. The number of anilines is 2. The van der Waals surface area contributed by atoms with E-state index in [2.05, 4.69) is 49.4 Å². The Hall–Kier alpha value is -5.46. The van der Waals surface area contributed by atoms with Crippen LogP contribution in [0.3, 0.4) is 0 Å². The van der Waals surface area contributed by atoms with Gasteiger partial charge in [0.15, 0.2) is 12.4 Å². The summed E-state index contributed by atoms with van der Waals surface area (Å²) in [5, 5.41) is 12.3. The predicted octanol–water partition coefficient (Wildman–Crippen LogP) is 2.72. The van der Waals surface area contributed by atoms with Gasteiger partial charge < -0.3 is 19.1 Å². The molecule has 5 heterocycles. The van der Waals surface area contributed by atoms with Crippen LogP contribution in [0.1, 0.15) is 35.2 Å². The molecule has 1 aromatic carbocycles. The van der Waals surface area contributed by atoms with E-state index in [1.165, 1.54) is 48.0 Å². The quantitative estimate of drug-likeness (QED) is 0.233. The summed E-state index contributed by atoms with van der Waals surface area (Å²) in [5.41, 5.74) is 0.678. The van der Waals surface area contributed by atoms with Gasteiger partial charge in [-0.25, -0.2) is 32.1 Å². The third-order valence-corrected chi connectivity index (χ3v) is 10.1. The molecule has 21 heteroatoms. The first-order valence-corrected chi connectivity index (χ1v) is 17.5. The molecule has 2 aliphatic heterocycles. The maximum atomic E-state index is 14.5. The van der Waals surface area contributed by atoms with Crippen molar-refractivity contribution in [3.63, 3.8) is 0 Å². The van der Waals surface area contributed by atoms with E-state index in [0.717, 1.165) is 36.2 Å². The monoisotopic (exact) mass is 745 g/mol. The van der Waals surface area contributed by atoms with Gasteiger partial charge in [0.1, 0.15) is 32.9 Å². The van der Waals surface area contributed by atoms with Crippen molar-refractivity contribution in [1.82, 2.24) is 28.6 Å². The van der Waals surface area contributed by atoms with Crippen molar-refractivity contribution in [3.05, 3.63) is 50.7 Å². The number of aryl methyl sites for hydroxylation is 1. The number of fused-ring (bicyclic) bond motifs is 2. The van der Waals surface area contributed by atoms with Crippen LogP contribution in [0.25, 0.3) is 0 Å². The van der Waals surface area contributed by atoms with Gasteiger partial charge in [-0.05, 0) is 29.9 Å². The van der Waals surface area contributed by atoms with Crippen LogP contribution in [0.2, 0.25) is 0 Å². The van der Waals surface area contributed by atoms with Gasteiger partial charge in [0.05, 0.1) is 19.3 Å². The number of carboxylic acids is 1. The highest BCUT2D eigenvalue weighted by atomic mass is 32.2. The topological polar surface area (TPSA) is 220 Å². The maximum absolute atomic E-state index is 14.5. The Bertz CT molecular complexity index is 2220. The second-order valence-corrected chi connectivity index (χ2v) is 14.6. The van der Waals surface area contributed by atoms with Crippen molar-refractivity contribution in [3.8, 4) is 24.1 Å². The Morgan fingerprint density at radius 2 is 2.04 bits per heavy atom. The molecule has 0 bridgehead atoms. The van der Waals surface area contributed by atoms with Gasteiger partial charge in [-0.2, -0.15) is 19.3 Å². The van der Waals surface area contributed by atoms with E-state index in [1.807, 2.05) is 4.57 Å². The van der Waals surface area contributed by atoms with E-state index < -0.39 is 37.6 Å². The molecule has 0 spiro atoms. The third-order valence-electron chi connectivity index (χ3n) is 6.91. The van der Waals surface area contributed by atoms with Gasteiger partial charge in [0.2, 0.25) is 10.7 Å². The number of carbonyl (C=O) groups excluding carboxylic acids is 2. The molecule has 0 saturated heterocycles. The van der Waals surface area contributed by atoms with Crippen LogP contribution in [0, 0.1) is 30.5 Å². The number of aromatic nitrogens is 5. The number of terminal acetylenes is 1. The minimum absolute atomic E-state index is 0.0633. The van der Waals surface area contributed by atoms with Crippen LogP contribution in [0.15, 0.2) is 33.5 Å². The lowest BCUT2D eigenvalue weighted by atomic mass is 9.92. The van der Waals surface area contributed by atoms with E-state index in [1.54, 1.807) is 4.72 Å². The van der Waals surface area contributed by atoms with Crippen LogP contribution in [0.5, 0.6) is 11.8 Å². The molecule has 0 radical (unpaired) electrons. The van der Waals surface area contributed by atoms with Gasteiger partial charge in [-0.3, -0.25) is 15.0 Å². The SMILES string of the molecule is C#CCN1C(=O)COc2cc(F)c(N=c3snc4n3CC(C)(C)C4)cc21.COc1nc(C)nc(NC(=O)NS(=O)(=O)c2ccsc2C(=O)O)n1. The summed E-state index contributed by atoms with van der Waals surface area (Å²) >= 11 is 1.96. The summed E-state index contributed by atoms with van der Waals surface area (Å²) in [6.07, 6.45) is 6.22. The summed E-state index contributed by atoms with van der Waals surface area (Å²) in [6, 6.07) is 2.61. The zero-order valence-corrected chi connectivity index (χ0v) is 29.2. The number of carbonyl (C=O) groups is 3. The molecule has 3 aromatic heterocycles. The van der Waals surface area contributed by atoms with E-state index in [4.69, 9.17) is 21.0 Å². The Balaban J connectivity index is 0.000000195. The molecule has 3 N–H and O–H groups in total. The van der Waals surface area contributed by atoms with E-state index in [0.29, 0.717) is 16.2 Å². The van der Waals surface area contributed by atoms with Crippen LogP contribution in [0.4, 0.5) is 26.5 Å². The number of rotatable bonds is 7. The fraction of sp³-hybridized carbons (Fsp3) is 0.310. The number of halogens is 1. The molecule has 50 heavy (non-hydrogen) atoms. The van der Waals surface area contributed by atoms with Crippen molar-refractivity contribution in [2.75, 3.05) is 30.5 Å². The van der Waals surface area contributed by atoms with Gasteiger partial charge in [0.25, 0.3) is 15.9 Å². The first kappa shape index (κ1) is 35.8. The lowest BCUT2D eigenvalue weighted by Crippen LogP contribution is -2.39. The Labute approximate surface area is 292 Å². The number of benzene rings is 1. The smallest absolute Gasteiger partial charge is 0.347 e. The molecule has 0 unspecified atom stereocenters. The number of urea groups is 1. The van der Waals surface area contributed by atoms with Crippen LogP contribution >= 0.6 is 22.9 Å². The molecule has 17 nitrogen and oxygen atoms in total. The van der Waals surface area contributed by atoms with E-state index >= 15 is 0 Å². The molecule has 2 aliphatic rings. The molecule has 4 aromatic rings. The molecule has 3 amide bonds. The van der Waals surface area contributed by atoms with Gasteiger partial charge >= 0.3 is 18.0 Å². The van der Waals surface area contributed by atoms with Gasteiger partial charge in [0, 0.05) is 30.6 Å². The number of sulfonamides is 1. The second-order valence-electron chi connectivity index (χ2n) is 11.3. The zero-order valence-electron chi connectivity index (χ0n) is 26.8. The van der Waals surface area contributed by atoms with Crippen LogP contribution < -0.4 is 29.2 Å². The van der Waals surface area contributed by atoms with Gasteiger partial charge in [-0.15, -0.1) is 17.8 Å². The fourth-order valence-electron chi connectivity index (χ4n) is 4.82. The Morgan fingerprint density at radius 3 is 2.74 bits per heavy atom. The average Bonchev–Trinajstić information content (AvgIpc) is 3.75. The number of aromatic carboxylic acids is 1. The summed E-state index contributed by atoms with van der Waals surface area (Å²) in [5.74, 6) is 1.52. The first-order chi connectivity index (χ1) is 23.6. The minimum atomic E-state index is -4.37. The van der Waals surface area contributed by atoms with Gasteiger partial charge in [-0.1, -0.05) is 19.8 Å². The lowest BCUT2D eigenvalue weighted by molar-refractivity contribution is -0.121. The van der Waals surface area contributed by atoms with Crippen LogP contribution in [-0.4, -0.2) is 75.6 Å². The van der Waals surface area contributed by atoms with Crippen molar-refractivity contribution in [2.45, 2.75) is 38.6 Å². The van der Waals surface area contributed by atoms with Crippen molar-refractivity contribution in [2.24, 2.45) is 10.4 Å². The number of amides is 3.